The number of pyridine rings is 1. The minimum absolute atomic E-state index is 0.524. The number of rotatable bonds is 5. The average molecular weight is 506 g/mol. The lowest BCUT2D eigenvalue weighted by molar-refractivity contribution is -0.174. The molecule has 0 atom stereocenters. The number of halogens is 3. The lowest BCUT2D eigenvalue weighted by Gasteiger charge is -2.20. The Balaban J connectivity index is 1.57. The summed E-state index contributed by atoms with van der Waals surface area (Å²) in [5.41, 5.74) is 1.44. The van der Waals surface area contributed by atoms with Crippen LogP contribution >= 0.6 is 0 Å². The van der Waals surface area contributed by atoms with Crippen molar-refractivity contribution in [3.05, 3.63) is 78.4 Å². The predicted octanol–water partition coefficient (Wildman–Crippen LogP) is 5.68. The summed E-state index contributed by atoms with van der Waals surface area (Å²) in [6, 6.07) is 14.4. The molecule has 0 fully saturated rings. The molecule has 0 saturated carbocycles. The van der Waals surface area contributed by atoms with Gasteiger partial charge in [0.1, 0.15) is 23.6 Å². The molecule has 1 amide bonds. The van der Waals surface area contributed by atoms with Crippen molar-refractivity contribution in [2.45, 2.75) is 32.5 Å². The van der Waals surface area contributed by atoms with E-state index in [0.29, 0.717) is 33.8 Å². The van der Waals surface area contributed by atoms with E-state index in [-0.39, 0.29) is 0 Å². The van der Waals surface area contributed by atoms with Gasteiger partial charge in [-0.05, 0) is 74.9 Å². The van der Waals surface area contributed by atoms with E-state index in [9.17, 15) is 18.0 Å². The minimum atomic E-state index is -4.98. The van der Waals surface area contributed by atoms with E-state index in [2.05, 4.69) is 32.1 Å². The molecule has 2 heterocycles. The summed E-state index contributed by atoms with van der Waals surface area (Å²) in [6.07, 6.45) is -0.257. The zero-order chi connectivity index (χ0) is 26.6. The molecule has 0 saturated heterocycles. The van der Waals surface area contributed by atoms with Gasteiger partial charge in [-0.3, -0.25) is 9.78 Å². The van der Waals surface area contributed by atoms with Gasteiger partial charge in [0.25, 0.3) is 0 Å². The number of nitrogens with zero attached hydrogens (tertiary/aromatic N) is 3. The Bertz CT molecular complexity index is 1510. The second-order valence-electron chi connectivity index (χ2n) is 8.68. The summed E-state index contributed by atoms with van der Waals surface area (Å²) >= 11 is 0. The first-order valence-corrected chi connectivity index (χ1v) is 11.1. The molecule has 4 aromatic rings. The van der Waals surface area contributed by atoms with Gasteiger partial charge in [0, 0.05) is 22.8 Å². The van der Waals surface area contributed by atoms with Gasteiger partial charge in [-0.1, -0.05) is 11.8 Å². The molecule has 0 bridgehead atoms. The number of aryl methyl sites for hydroxylation is 1. The molecule has 0 radical (unpaired) electrons. The molecule has 0 spiro atoms. The summed E-state index contributed by atoms with van der Waals surface area (Å²) in [4.78, 5) is 23.9. The van der Waals surface area contributed by atoms with Crippen molar-refractivity contribution in [1.29, 1.82) is 0 Å². The van der Waals surface area contributed by atoms with Crippen LogP contribution in [0.4, 0.5) is 24.7 Å². The van der Waals surface area contributed by atoms with Gasteiger partial charge in [0.05, 0.1) is 17.3 Å². The molecule has 4 rings (SSSR count). The number of hydrogen-bond acceptors (Lipinski definition) is 6. The normalized spacial score (nSPS) is 11.4. The van der Waals surface area contributed by atoms with E-state index in [1.807, 2.05) is 36.5 Å². The number of fused-ring (bicyclic) bond motifs is 1. The van der Waals surface area contributed by atoms with Crippen molar-refractivity contribution in [2.24, 2.45) is 0 Å². The smallest absolute Gasteiger partial charge is 0.455 e. The molecular formula is C27H22F3N5O2. The lowest BCUT2D eigenvalue weighted by atomic mass is 10.0. The van der Waals surface area contributed by atoms with Crippen molar-refractivity contribution in [1.82, 2.24) is 20.3 Å². The Labute approximate surface area is 211 Å². The van der Waals surface area contributed by atoms with Crippen LogP contribution in [0.1, 0.15) is 25.0 Å². The topological polar surface area (TPSA) is 89.0 Å². The minimum Gasteiger partial charge on any atom is -0.455 e. The van der Waals surface area contributed by atoms with E-state index in [1.165, 1.54) is 20.2 Å². The maximum atomic E-state index is 12.6. The Morgan fingerprint density at radius 2 is 1.86 bits per heavy atom. The summed E-state index contributed by atoms with van der Waals surface area (Å²) in [5.74, 6) is 5.31. The number of nitrogens with one attached hydrogen (secondary N) is 2. The molecule has 188 valence electrons. The fourth-order valence-corrected chi connectivity index (χ4v) is 3.36. The molecule has 0 aliphatic heterocycles. The molecule has 7 nitrogen and oxygen atoms in total. The van der Waals surface area contributed by atoms with Crippen molar-refractivity contribution in [3.8, 4) is 23.3 Å². The van der Waals surface area contributed by atoms with E-state index < -0.39 is 17.6 Å². The van der Waals surface area contributed by atoms with E-state index in [1.54, 1.807) is 36.7 Å². The van der Waals surface area contributed by atoms with Gasteiger partial charge in [0.15, 0.2) is 0 Å². The monoisotopic (exact) mass is 505 g/mol. The zero-order valence-corrected chi connectivity index (χ0v) is 20.1. The molecule has 2 N–H and O–H groups in total. The van der Waals surface area contributed by atoms with Gasteiger partial charge in [0.2, 0.25) is 0 Å². The summed E-state index contributed by atoms with van der Waals surface area (Å²) < 4.78 is 43.7. The van der Waals surface area contributed by atoms with Gasteiger partial charge < -0.3 is 15.4 Å². The number of hydrogen-bond donors (Lipinski definition) is 2. The second kappa shape index (κ2) is 10.1. The number of carbonyl (C=O) groups excluding carboxylic acids is 1. The van der Waals surface area contributed by atoms with Crippen LogP contribution in [0.3, 0.4) is 0 Å². The Morgan fingerprint density at radius 3 is 2.57 bits per heavy atom. The third-order valence-electron chi connectivity index (χ3n) is 5.14. The summed E-state index contributed by atoms with van der Waals surface area (Å²) in [6.45, 7) is 4.71. The van der Waals surface area contributed by atoms with E-state index >= 15 is 0 Å². The van der Waals surface area contributed by atoms with Crippen molar-refractivity contribution in [2.75, 3.05) is 5.32 Å². The fraction of sp³-hybridized carbons (Fsp3) is 0.185. The molecule has 10 heteroatoms. The van der Waals surface area contributed by atoms with Crippen molar-refractivity contribution < 1.29 is 22.7 Å². The van der Waals surface area contributed by atoms with Crippen LogP contribution in [0, 0.1) is 18.8 Å². The molecule has 37 heavy (non-hydrogen) atoms. The van der Waals surface area contributed by atoms with E-state index in [4.69, 9.17) is 4.74 Å². The average Bonchev–Trinajstić information content (AvgIpc) is 2.84. The maximum absolute atomic E-state index is 12.6. The van der Waals surface area contributed by atoms with E-state index in [0.717, 1.165) is 11.3 Å². The van der Waals surface area contributed by atoms with Gasteiger partial charge in [-0.2, -0.15) is 13.2 Å². The van der Waals surface area contributed by atoms with Crippen LogP contribution in [0.2, 0.25) is 0 Å². The zero-order valence-electron chi connectivity index (χ0n) is 20.1. The quantitative estimate of drug-likeness (QED) is 0.340. The van der Waals surface area contributed by atoms with Crippen molar-refractivity contribution in [3.63, 3.8) is 0 Å². The SMILES string of the molecule is Cc1cc(Nc2ncnc3ccc(C#CC(C)(C)NC(=O)C(F)(F)F)cc23)ccc1Oc1cccnc1. The first-order valence-electron chi connectivity index (χ1n) is 11.1. The predicted molar refractivity (Wildman–Crippen MR) is 133 cm³/mol. The number of alkyl halides is 3. The third-order valence-corrected chi connectivity index (χ3v) is 5.14. The standard InChI is InChI=1S/C27H22F3N5O2/c1-17-13-19(7-9-23(17)37-20-5-4-12-31-15-20)34-24-21-14-18(6-8-22(21)32-16-33-24)10-11-26(2,3)35-25(36)27(28,29)30/h4-9,12-16H,1-3H3,(H,35,36)(H,32,33,34). The lowest BCUT2D eigenvalue weighted by Crippen LogP contribution is -2.48. The number of aromatic nitrogens is 3. The van der Waals surface area contributed by atoms with Gasteiger partial charge in [-0.15, -0.1) is 0 Å². The molecule has 0 aliphatic rings. The molecule has 0 aliphatic carbocycles. The first kappa shape index (κ1) is 25.4. The number of carbonyl (C=O) groups is 1. The van der Waals surface area contributed by atoms with Crippen LogP contribution in [-0.4, -0.2) is 32.6 Å². The first-order chi connectivity index (χ1) is 17.5. The van der Waals surface area contributed by atoms with Crippen LogP contribution < -0.4 is 15.4 Å². The number of benzene rings is 2. The maximum Gasteiger partial charge on any atom is 0.471 e. The van der Waals surface area contributed by atoms with Crippen LogP contribution in [0.5, 0.6) is 11.5 Å². The summed E-state index contributed by atoms with van der Waals surface area (Å²) in [7, 11) is 0. The molecule has 2 aromatic heterocycles. The Kier molecular flexibility index (Phi) is 6.98. The highest BCUT2D eigenvalue weighted by Gasteiger charge is 2.41. The van der Waals surface area contributed by atoms with Gasteiger partial charge >= 0.3 is 12.1 Å². The fourth-order valence-electron chi connectivity index (χ4n) is 3.36. The van der Waals surface area contributed by atoms with Crippen molar-refractivity contribution >= 4 is 28.3 Å². The number of amides is 1. The molecular weight excluding hydrogens is 483 g/mol. The van der Waals surface area contributed by atoms with Gasteiger partial charge in [-0.25, -0.2) is 9.97 Å². The number of anilines is 2. The largest absolute Gasteiger partial charge is 0.471 e. The second-order valence-corrected chi connectivity index (χ2v) is 8.68. The molecule has 2 aromatic carbocycles. The molecule has 0 unspecified atom stereocenters. The number of ether oxygens (including phenoxy) is 1. The van der Waals surface area contributed by atoms with Crippen LogP contribution in [0.15, 0.2) is 67.3 Å². The highest BCUT2D eigenvalue weighted by Crippen LogP contribution is 2.29. The Morgan fingerprint density at radius 1 is 1.05 bits per heavy atom. The highest BCUT2D eigenvalue weighted by molar-refractivity contribution is 5.91. The third kappa shape index (κ3) is 6.52. The summed E-state index contributed by atoms with van der Waals surface area (Å²) in [5, 5.41) is 5.82. The van der Waals surface area contributed by atoms with Crippen LogP contribution in [0.25, 0.3) is 10.9 Å². The van der Waals surface area contributed by atoms with Crippen LogP contribution in [-0.2, 0) is 4.79 Å². The Hall–Kier alpha value is -4.65. The highest BCUT2D eigenvalue weighted by atomic mass is 19.4.